The summed E-state index contributed by atoms with van der Waals surface area (Å²) in [6.45, 7) is 7.18. The first-order chi connectivity index (χ1) is 15.8. The quantitative estimate of drug-likeness (QED) is 0.467. The molecule has 176 valence electrons. The van der Waals surface area contributed by atoms with E-state index in [2.05, 4.69) is 4.99 Å². The second kappa shape index (κ2) is 9.70. The van der Waals surface area contributed by atoms with Gasteiger partial charge in [-0.1, -0.05) is 36.3 Å². The maximum atomic E-state index is 13.2. The molecule has 1 unspecified atom stereocenters. The van der Waals surface area contributed by atoms with Gasteiger partial charge >= 0.3 is 0 Å². The van der Waals surface area contributed by atoms with Crippen LogP contribution in [-0.4, -0.2) is 35.8 Å². The van der Waals surface area contributed by atoms with E-state index in [0.717, 1.165) is 41.5 Å². The van der Waals surface area contributed by atoms with Gasteiger partial charge in [-0.2, -0.15) is 9.30 Å². The summed E-state index contributed by atoms with van der Waals surface area (Å²) in [6, 6.07) is 9.96. The zero-order chi connectivity index (χ0) is 23.8. The summed E-state index contributed by atoms with van der Waals surface area (Å²) in [4.78, 5) is 18.1. The number of fused-ring (bicyclic) bond motifs is 1. The summed E-state index contributed by atoms with van der Waals surface area (Å²) < 4.78 is 31.0. The van der Waals surface area contributed by atoms with E-state index in [4.69, 9.17) is 11.6 Å². The topological polar surface area (TPSA) is 71.7 Å². The molecule has 0 bridgehead atoms. The number of nitrogens with zero attached hydrogens (tertiary/aromatic N) is 3. The SMILES string of the molecule is CCC1CCCCN1S(=O)(=O)c1ccc(C(=O)N=c2sc3ccc(Cl)c(C)c3n2CC)cc1. The van der Waals surface area contributed by atoms with Crippen LogP contribution in [-0.2, 0) is 16.6 Å². The van der Waals surface area contributed by atoms with Gasteiger partial charge in [0, 0.05) is 29.7 Å². The van der Waals surface area contributed by atoms with Crippen molar-refractivity contribution in [2.24, 2.45) is 4.99 Å². The fraction of sp³-hybridized carbons (Fsp3) is 0.417. The zero-order valence-corrected chi connectivity index (χ0v) is 21.4. The molecule has 3 aromatic rings. The molecule has 1 atom stereocenters. The largest absolute Gasteiger partial charge is 0.316 e. The van der Waals surface area contributed by atoms with Gasteiger partial charge in [0.15, 0.2) is 4.80 Å². The molecular weight excluding hydrogens is 478 g/mol. The number of piperidine rings is 1. The minimum atomic E-state index is -3.58. The summed E-state index contributed by atoms with van der Waals surface area (Å²) in [6.07, 6.45) is 3.62. The Morgan fingerprint density at radius 1 is 1.15 bits per heavy atom. The summed E-state index contributed by atoms with van der Waals surface area (Å²) in [5.41, 5.74) is 2.29. The summed E-state index contributed by atoms with van der Waals surface area (Å²) in [7, 11) is -3.58. The maximum Gasteiger partial charge on any atom is 0.279 e. The van der Waals surface area contributed by atoms with E-state index in [0.29, 0.717) is 28.5 Å². The van der Waals surface area contributed by atoms with E-state index >= 15 is 0 Å². The van der Waals surface area contributed by atoms with Crippen molar-refractivity contribution in [3.05, 3.63) is 57.3 Å². The number of hydrogen-bond donors (Lipinski definition) is 0. The van der Waals surface area contributed by atoms with Gasteiger partial charge in [-0.05, 0) is 75.1 Å². The predicted molar refractivity (Wildman–Crippen MR) is 133 cm³/mol. The number of amides is 1. The molecule has 1 fully saturated rings. The van der Waals surface area contributed by atoms with Crippen molar-refractivity contribution in [3.8, 4) is 0 Å². The Morgan fingerprint density at radius 2 is 1.88 bits per heavy atom. The van der Waals surface area contributed by atoms with Crippen molar-refractivity contribution in [1.82, 2.24) is 8.87 Å². The molecule has 0 spiro atoms. The van der Waals surface area contributed by atoms with Crippen LogP contribution in [0.3, 0.4) is 0 Å². The second-order valence-electron chi connectivity index (χ2n) is 8.26. The number of rotatable bonds is 5. The van der Waals surface area contributed by atoms with Crippen molar-refractivity contribution < 1.29 is 13.2 Å². The van der Waals surface area contributed by atoms with Crippen LogP contribution in [0.25, 0.3) is 10.2 Å². The Morgan fingerprint density at radius 3 is 2.55 bits per heavy atom. The van der Waals surface area contributed by atoms with Gasteiger partial charge in [-0.15, -0.1) is 0 Å². The van der Waals surface area contributed by atoms with E-state index in [1.165, 1.54) is 23.5 Å². The number of aromatic nitrogens is 1. The highest BCUT2D eigenvalue weighted by atomic mass is 35.5. The lowest BCUT2D eigenvalue weighted by atomic mass is 10.0. The number of carbonyl (C=O) groups excluding carboxylic acids is 1. The molecule has 33 heavy (non-hydrogen) atoms. The van der Waals surface area contributed by atoms with Gasteiger partial charge in [-0.3, -0.25) is 4.79 Å². The van der Waals surface area contributed by atoms with Crippen LogP contribution in [0.4, 0.5) is 0 Å². The molecule has 4 rings (SSSR count). The fourth-order valence-corrected chi connectivity index (χ4v) is 7.52. The first kappa shape index (κ1) is 24.1. The molecule has 0 aliphatic carbocycles. The Balaban J connectivity index is 1.66. The lowest BCUT2D eigenvalue weighted by Crippen LogP contribution is -2.43. The van der Waals surface area contributed by atoms with E-state index in [-0.39, 0.29) is 10.9 Å². The third-order valence-electron chi connectivity index (χ3n) is 6.30. The smallest absolute Gasteiger partial charge is 0.279 e. The maximum absolute atomic E-state index is 13.2. The molecule has 0 saturated carbocycles. The second-order valence-corrected chi connectivity index (χ2v) is 11.6. The van der Waals surface area contributed by atoms with Gasteiger partial charge in [0.2, 0.25) is 10.0 Å². The molecule has 1 aromatic heterocycles. The molecule has 0 N–H and O–H groups in total. The molecule has 6 nitrogen and oxygen atoms in total. The van der Waals surface area contributed by atoms with Crippen molar-refractivity contribution in [2.75, 3.05) is 6.54 Å². The van der Waals surface area contributed by atoms with Gasteiger partial charge in [0.25, 0.3) is 5.91 Å². The standard InChI is InChI=1S/C24H28ClN3O3S2/c1-4-18-8-6-7-15-28(18)33(30,31)19-11-9-17(10-12-19)23(29)26-24-27(5-2)22-16(3)20(25)13-14-21(22)32-24/h9-14,18H,4-8,15H2,1-3H3. The highest BCUT2D eigenvalue weighted by Crippen LogP contribution is 2.28. The van der Waals surface area contributed by atoms with Gasteiger partial charge in [-0.25, -0.2) is 8.42 Å². The number of halogens is 1. The lowest BCUT2D eigenvalue weighted by Gasteiger charge is -2.34. The molecule has 1 amide bonds. The minimum absolute atomic E-state index is 0.0365. The lowest BCUT2D eigenvalue weighted by molar-refractivity contribution is 0.0997. The number of aryl methyl sites for hydroxylation is 2. The monoisotopic (exact) mass is 505 g/mol. The number of hydrogen-bond acceptors (Lipinski definition) is 4. The number of sulfonamides is 1. The fourth-order valence-electron chi connectivity index (χ4n) is 4.45. The highest BCUT2D eigenvalue weighted by Gasteiger charge is 2.32. The molecule has 1 saturated heterocycles. The Hall–Kier alpha value is -2.00. The van der Waals surface area contributed by atoms with E-state index < -0.39 is 15.9 Å². The minimum Gasteiger partial charge on any atom is -0.316 e. The average Bonchev–Trinajstić information content (AvgIpc) is 3.19. The van der Waals surface area contributed by atoms with Gasteiger partial charge in [0.1, 0.15) is 0 Å². The first-order valence-electron chi connectivity index (χ1n) is 11.3. The van der Waals surface area contributed by atoms with Crippen molar-refractivity contribution in [2.45, 2.75) is 63.9 Å². The van der Waals surface area contributed by atoms with Crippen LogP contribution in [0.15, 0.2) is 46.3 Å². The predicted octanol–water partition coefficient (Wildman–Crippen LogP) is 5.38. The summed E-state index contributed by atoms with van der Waals surface area (Å²) >= 11 is 7.73. The van der Waals surface area contributed by atoms with Gasteiger partial charge < -0.3 is 4.57 Å². The van der Waals surface area contributed by atoms with Crippen molar-refractivity contribution in [3.63, 3.8) is 0 Å². The summed E-state index contributed by atoms with van der Waals surface area (Å²) in [5, 5.41) is 0.677. The van der Waals surface area contributed by atoms with Crippen LogP contribution >= 0.6 is 22.9 Å². The van der Waals surface area contributed by atoms with E-state index in [9.17, 15) is 13.2 Å². The van der Waals surface area contributed by atoms with E-state index in [1.807, 2.05) is 37.5 Å². The third-order valence-corrected chi connectivity index (χ3v) is 9.71. The highest BCUT2D eigenvalue weighted by molar-refractivity contribution is 7.89. The molecule has 1 aliphatic heterocycles. The third kappa shape index (κ3) is 4.54. The molecule has 9 heteroatoms. The average molecular weight is 506 g/mol. The van der Waals surface area contributed by atoms with Gasteiger partial charge in [0.05, 0.1) is 15.1 Å². The molecular formula is C24H28ClN3O3S2. The van der Waals surface area contributed by atoms with Crippen molar-refractivity contribution >= 4 is 49.1 Å². The zero-order valence-electron chi connectivity index (χ0n) is 19.0. The first-order valence-corrected chi connectivity index (χ1v) is 13.9. The molecule has 1 aliphatic rings. The summed E-state index contributed by atoms with van der Waals surface area (Å²) in [5.74, 6) is -0.402. The Bertz CT molecular complexity index is 1360. The molecule has 2 heterocycles. The van der Waals surface area contributed by atoms with Crippen LogP contribution in [0, 0.1) is 6.92 Å². The van der Waals surface area contributed by atoms with Crippen molar-refractivity contribution in [1.29, 1.82) is 0 Å². The Kier molecular flexibility index (Phi) is 7.09. The Labute approximate surface area is 203 Å². The van der Waals surface area contributed by atoms with Crippen LogP contribution < -0.4 is 4.80 Å². The van der Waals surface area contributed by atoms with E-state index in [1.54, 1.807) is 16.4 Å². The number of thiazole rings is 1. The molecule has 2 aromatic carbocycles. The normalized spacial score (nSPS) is 18.2. The van der Waals surface area contributed by atoms with Crippen LogP contribution in [0.5, 0.6) is 0 Å². The molecule has 0 radical (unpaired) electrons. The number of benzene rings is 2. The van der Waals surface area contributed by atoms with Crippen LogP contribution in [0.2, 0.25) is 5.02 Å². The number of carbonyl (C=O) groups is 1. The van der Waals surface area contributed by atoms with Crippen LogP contribution in [0.1, 0.15) is 55.5 Å².